The van der Waals surface area contributed by atoms with E-state index in [1.54, 1.807) is 4.72 Å². The molecule has 2 N–H and O–H groups in total. The normalized spacial score (nSPS) is 12.4. The second kappa shape index (κ2) is 4.62. The third-order valence-corrected chi connectivity index (χ3v) is 1.49. The fourth-order valence-electron chi connectivity index (χ4n) is 0.436. The second-order valence-corrected chi connectivity index (χ2v) is 2.96. The molecule has 7 heteroatoms. The Morgan fingerprint density at radius 2 is 1.91 bits per heavy atom. The van der Waals surface area contributed by atoms with Gasteiger partial charge in [0.25, 0.3) is 0 Å². The van der Waals surface area contributed by atoms with Crippen LogP contribution in [0.1, 0.15) is 0 Å². The van der Waals surface area contributed by atoms with Crippen LogP contribution < -0.4 is 4.72 Å². The summed E-state index contributed by atoms with van der Waals surface area (Å²) in [5.74, 6) is 0. The molecule has 0 aliphatic heterocycles. The van der Waals surface area contributed by atoms with Crippen molar-refractivity contribution in [2.24, 2.45) is 0 Å². The van der Waals surface area contributed by atoms with Crippen LogP contribution in [-0.4, -0.2) is 40.0 Å². The minimum absolute atomic E-state index is 0.119. The van der Waals surface area contributed by atoms with E-state index in [2.05, 4.69) is 9.47 Å². The first kappa shape index (κ1) is 10.8. The van der Waals surface area contributed by atoms with Gasteiger partial charge in [-0.2, -0.15) is 13.1 Å². The van der Waals surface area contributed by atoms with Gasteiger partial charge in [-0.25, -0.2) is 0 Å². The van der Waals surface area contributed by atoms with Crippen molar-refractivity contribution in [2.75, 3.05) is 20.8 Å². The van der Waals surface area contributed by atoms with E-state index in [1.807, 2.05) is 0 Å². The smallest absolute Gasteiger partial charge is 0.333 e. The maximum atomic E-state index is 10.1. The number of hydrogen-bond acceptors (Lipinski definition) is 4. The molecular formula is C4H11NO5S. The number of ether oxygens (including phenoxy) is 2. The van der Waals surface area contributed by atoms with Crippen molar-refractivity contribution >= 4 is 10.3 Å². The number of hydrogen-bond donors (Lipinski definition) is 2. The molecule has 0 bridgehead atoms. The van der Waals surface area contributed by atoms with E-state index in [0.29, 0.717) is 0 Å². The molecule has 0 radical (unpaired) electrons. The summed E-state index contributed by atoms with van der Waals surface area (Å²) in [7, 11) is -1.43. The summed E-state index contributed by atoms with van der Waals surface area (Å²) in [6.45, 7) is -0.119. The maximum Gasteiger partial charge on any atom is 0.333 e. The molecule has 0 unspecified atom stereocenters. The minimum Gasteiger partial charge on any atom is -0.355 e. The van der Waals surface area contributed by atoms with Gasteiger partial charge in [0, 0.05) is 14.2 Å². The Bertz CT molecular complexity index is 185. The van der Waals surface area contributed by atoms with Crippen LogP contribution in [0.4, 0.5) is 0 Å². The van der Waals surface area contributed by atoms with Crippen molar-refractivity contribution in [2.45, 2.75) is 6.29 Å². The van der Waals surface area contributed by atoms with Gasteiger partial charge in [-0.1, -0.05) is 0 Å². The van der Waals surface area contributed by atoms with Crippen LogP contribution in [0.15, 0.2) is 0 Å². The molecule has 0 atom stereocenters. The van der Waals surface area contributed by atoms with Gasteiger partial charge in [-0.05, 0) is 0 Å². The standard InChI is InChI=1S/C4H11NO5S/c1-9-4(10-2)3-5-11(6,7)8/h4-5H,3H2,1-2H3,(H,6,7,8). The first-order valence-corrected chi connectivity index (χ1v) is 4.21. The zero-order chi connectivity index (χ0) is 8.91. The van der Waals surface area contributed by atoms with Crippen LogP contribution in [0.2, 0.25) is 0 Å². The van der Waals surface area contributed by atoms with E-state index in [-0.39, 0.29) is 6.54 Å². The average molecular weight is 185 g/mol. The molecule has 68 valence electrons. The highest BCUT2D eigenvalue weighted by Gasteiger charge is 2.09. The fourth-order valence-corrected chi connectivity index (χ4v) is 0.783. The molecule has 0 fully saturated rings. The van der Waals surface area contributed by atoms with Crippen molar-refractivity contribution in [1.29, 1.82) is 0 Å². The van der Waals surface area contributed by atoms with Crippen molar-refractivity contribution in [1.82, 2.24) is 4.72 Å². The molecule has 0 heterocycles. The summed E-state index contributed by atoms with van der Waals surface area (Å²) in [5, 5.41) is 0. The Hall–Kier alpha value is -0.210. The fraction of sp³-hybridized carbons (Fsp3) is 1.00. The molecule has 0 aromatic carbocycles. The molecule has 0 aliphatic carbocycles. The van der Waals surface area contributed by atoms with Crippen molar-refractivity contribution in [3.05, 3.63) is 0 Å². The number of nitrogens with one attached hydrogen (secondary N) is 1. The van der Waals surface area contributed by atoms with Crippen LogP contribution >= 0.6 is 0 Å². The topological polar surface area (TPSA) is 84.9 Å². The molecule has 0 saturated heterocycles. The molecule has 6 nitrogen and oxygen atoms in total. The van der Waals surface area contributed by atoms with Crippen LogP contribution in [0.5, 0.6) is 0 Å². The quantitative estimate of drug-likeness (QED) is 0.424. The van der Waals surface area contributed by atoms with E-state index < -0.39 is 16.6 Å². The van der Waals surface area contributed by atoms with Crippen LogP contribution in [0.25, 0.3) is 0 Å². The van der Waals surface area contributed by atoms with Crippen molar-refractivity contribution in [3.63, 3.8) is 0 Å². The summed E-state index contributed by atoms with van der Waals surface area (Å²) in [4.78, 5) is 0. The first-order valence-electron chi connectivity index (χ1n) is 2.77. The Kier molecular flexibility index (Phi) is 4.54. The van der Waals surface area contributed by atoms with Gasteiger partial charge in [-0.3, -0.25) is 4.55 Å². The third kappa shape index (κ3) is 6.20. The van der Waals surface area contributed by atoms with E-state index >= 15 is 0 Å². The molecule has 0 saturated carbocycles. The van der Waals surface area contributed by atoms with Gasteiger partial charge in [0.05, 0.1) is 6.54 Å². The zero-order valence-electron chi connectivity index (χ0n) is 6.27. The van der Waals surface area contributed by atoms with Gasteiger partial charge in [0.2, 0.25) is 0 Å². The van der Waals surface area contributed by atoms with Gasteiger partial charge >= 0.3 is 10.3 Å². The molecule has 0 aromatic heterocycles. The van der Waals surface area contributed by atoms with Gasteiger partial charge in [0.15, 0.2) is 6.29 Å². The Morgan fingerprint density at radius 1 is 1.45 bits per heavy atom. The summed E-state index contributed by atoms with van der Waals surface area (Å²) < 4.78 is 39.5. The lowest BCUT2D eigenvalue weighted by Gasteiger charge is -2.11. The predicted octanol–water partition coefficient (Wildman–Crippen LogP) is -1.00. The largest absolute Gasteiger partial charge is 0.355 e. The predicted molar refractivity (Wildman–Crippen MR) is 37.4 cm³/mol. The minimum atomic E-state index is -4.15. The molecular weight excluding hydrogens is 174 g/mol. The molecule has 0 spiro atoms. The first-order chi connectivity index (χ1) is 4.99. The Balaban J connectivity index is 3.69. The highest BCUT2D eigenvalue weighted by Crippen LogP contribution is 1.88. The summed E-state index contributed by atoms with van der Waals surface area (Å²) in [6.07, 6.45) is -0.683. The molecule has 0 amide bonds. The van der Waals surface area contributed by atoms with E-state index in [0.717, 1.165) is 0 Å². The third-order valence-electron chi connectivity index (χ3n) is 0.958. The second-order valence-electron chi connectivity index (χ2n) is 1.72. The number of methoxy groups -OCH3 is 2. The van der Waals surface area contributed by atoms with Crippen LogP contribution in [0.3, 0.4) is 0 Å². The SMILES string of the molecule is COC(CNS(=O)(=O)O)OC. The molecule has 0 aromatic rings. The van der Waals surface area contributed by atoms with Crippen LogP contribution in [-0.2, 0) is 19.8 Å². The highest BCUT2D eigenvalue weighted by atomic mass is 32.2. The van der Waals surface area contributed by atoms with Gasteiger partial charge in [0.1, 0.15) is 0 Å². The van der Waals surface area contributed by atoms with Crippen LogP contribution in [0, 0.1) is 0 Å². The molecule has 11 heavy (non-hydrogen) atoms. The summed E-state index contributed by atoms with van der Waals surface area (Å²) >= 11 is 0. The Morgan fingerprint density at radius 3 is 2.18 bits per heavy atom. The summed E-state index contributed by atoms with van der Waals surface area (Å²) in [6, 6.07) is 0. The molecule has 0 aliphatic rings. The monoisotopic (exact) mass is 185 g/mol. The van der Waals surface area contributed by atoms with E-state index in [1.165, 1.54) is 14.2 Å². The van der Waals surface area contributed by atoms with E-state index in [9.17, 15) is 8.42 Å². The summed E-state index contributed by atoms with van der Waals surface area (Å²) in [5.41, 5.74) is 0. The van der Waals surface area contributed by atoms with Crippen molar-refractivity contribution < 1.29 is 22.4 Å². The van der Waals surface area contributed by atoms with E-state index in [4.69, 9.17) is 4.55 Å². The average Bonchev–Trinajstić information content (AvgIpc) is 1.88. The lowest BCUT2D eigenvalue weighted by molar-refractivity contribution is -0.0962. The lowest BCUT2D eigenvalue weighted by Crippen LogP contribution is -2.33. The van der Waals surface area contributed by atoms with Gasteiger partial charge in [-0.15, -0.1) is 0 Å². The maximum absolute atomic E-state index is 10.1. The highest BCUT2D eigenvalue weighted by molar-refractivity contribution is 7.83. The van der Waals surface area contributed by atoms with Crippen molar-refractivity contribution in [3.8, 4) is 0 Å². The van der Waals surface area contributed by atoms with Gasteiger partial charge < -0.3 is 9.47 Å². The zero-order valence-corrected chi connectivity index (χ0v) is 7.09. The number of rotatable bonds is 5. The Labute approximate surface area is 65.4 Å². The molecule has 0 rings (SSSR count). The lowest BCUT2D eigenvalue weighted by atomic mass is 10.6.